The fourth-order valence-electron chi connectivity index (χ4n) is 11.3. The third-order valence-corrected chi connectivity index (χ3v) is 16.6. The number of anilines is 4. The summed E-state index contributed by atoms with van der Waals surface area (Å²) in [6.07, 6.45) is 11.0. The van der Waals surface area contributed by atoms with Gasteiger partial charge in [-0.3, -0.25) is 19.2 Å². The minimum absolute atomic E-state index is 0.0283. The average molecular weight is 1140 g/mol. The van der Waals surface area contributed by atoms with Gasteiger partial charge in [0, 0.05) is 155 Å². The molecule has 14 nitrogen and oxygen atoms in total. The molecule has 5 aliphatic heterocycles. The molecule has 10 rings (SSSR count). The van der Waals surface area contributed by atoms with E-state index in [-0.39, 0.29) is 65.4 Å². The Kier molecular flexibility index (Phi) is 16.1. The summed E-state index contributed by atoms with van der Waals surface area (Å²) in [6, 6.07) is 22.0. The number of halogens is 4. The van der Waals surface area contributed by atoms with E-state index in [1.54, 1.807) is 60.7 Å². The molecule has 4 fully saturated rings. The Hall–Kier alpha value is -6.71. The third kappa shape index (κ3) is 11.1. The Labute approximate surface area is 473 Å². The lowest BCUT2D eigenvalue weighted by atomic mass is 9.82. The number of fused-ring (bicyclic) bond motifs is 1. The molecule has 0 N–H and O–H groups in total. The van der Waals surface area contributed by atoms with Gasteiger partial charge in [0.2, 0.25) is 0 Å². The van der Waals surface area contributed by atoms with Gasteiger partial charge >= 0.3 is 29.8 Å². The van der Waals surface area contributed by atoms with Crippen molar-refractivity contribution in [2.45, 2.75) is 84.7 Å². The topological polar surface area (TPSA) is 144 Å². The molecule has 0 atom stereocenters. The molecule has 0 radical (unpaired) electrons. The van der Waals surface area contributed by atoms with Crippen LogP contribution in [0.3, 0.4) is 0 Å². The predicted molar refractivity (Wildman–Crippen MR) is 305 cm³/mol. The van der Waals surface area contributed by atoms with Crippen molar-refractivity contribution in [3.05, 3.63) is 138 Å². The highest BCUT2D eigenvalue weighted by Gasteiger charge is 2.49. The van der Waals surface area contributed by atoms with E-state index in [1.807, 2.05) is 24.3 Å². The number of carbonyl (C=O) groups excluding carboxylic acids is 5. The number of nitrogens with zero attached hydrogens (tertiary/aromatic N) is 4. The van der Waals surface area contributed by atoms with Crippen molar-refractivity contribution in [1.29, 1.82) is 0 Å². The molecule has 18 heteroatoms. The first-order valence-electron chi connectivity index (χ1n) is 26.3. The second-order valence-electron chi connectivity index (χ2n) is 20.2. The average Bonchev–Trinajstić information content (AvgIpc) is 4.26. The second-order valence-corrected chi connectivity index (χ2v) is 21.7. The molecule has 0 aliphatic carbocycles. The monoisotopic (exact) mass is 1130 g/mol. The minimum atomic E-state index is -2.21. The smallest absolute Gasteiger partial charge is 0.341 e. The summed E-state index contributed by atoms with van der Waals surface area (Å²) < 4.78 is 31.3. The molecule has 0 amide bonds. The molecule has 5 aliphatic rings. The maximum Gasteiger partial charge on any atom is 0.341 e. The molecule has 0 saturated carbocycles. The van der Waals surface area contributed by atoms with Gasteiger partial charge in [-0.25, -0.2) is 4.79 Å². The van der Waals surface area contributed by atoms with Crippen LogP contribution in [0.2, 0.25) is 20.1 Å². The highest BCUT2D eigenvalue weighted by molar-refractivity contribution is 6.53. The molecule has 78 heavy (non-hydrogen) atoms. The van der Waals surface area contributed by atoms with Crippen LogP contribution >= 0.6 is 46.4 Å². The van der Waals surface area contributed by atoms with Crippen molar-refractivity contribution < 1.29 is 47.7 Å². The van der Waals surface area contributed by atoms with Crippen molar-refractivity contribution in [3.63, 3.8) is 0 Å². The molecule has 5 aromatic rings. The molecule has 0 aromatic heterocycles. The number of hydrogen-bond acceptors (Lipinski definition) is 14. The largest absolute Gasteiger partial charge is 0.442 e. The fourth-order valence-corrected chi connectivity index (χ4v) is 12.4. The Balaban J connectivity index is 1.36. The fraction of sp³-hybridized carbons (Fsp3) is 0.350. The first kappa shape index (κ1) is 54.6. The van der Waals surface area contributed by atoms with E-state index in [9.17, 15) is 19.2 Å². The van der Waals surface area contributed by atoms with Crippen LogP contribution < -0.4 is 38.5 Å². The van der Waals surface area contributed by atoms with Gasteiger partial charge in [0.05, 0.1) is 25.7 Å². The maximum absolute atomic E-state index is 15.0. The summed E-state index contributed by atoms with van der Waals surface area (Å²) in [5.74, 6) is -2.84. The van der Waals surface area contributed by atoms with Crippen molar-refractivity contribution in [3.8, 4) is 23.0 Å². The van der Waals surface area contributed by atoms with Gasteiger partial charge in [-0.2, -0.15) is 0 Å². The highest BCUT2D eigenvalue weighted by Crippen LogP contribution is 2.55. The van der Waals surface area contributed by atoms with Gasteiger partial charge in [-0.05, 0) is 123 Å². The third-order valence-electron chi connectivity index (χ3n) is 14.8. The lowest BCUT2D eigenvalue weighted by molar-refractivity contribution is -0.132. The molecule has 5 aromatic carbocycles. The number of carbonyl (C=O) groups is 5. The minimum Gasteiger partial charge on any atom is -0.442 e. The van der Waals surface area contributed by atoms with Crippen LogP contribution in [0, 0.1) is 0 Å². The number of hydrogen-bond donors (Lipinski definition) is 0. The van der Waals surface area contributed by atoms with Gasteiger partial charge in [0.25, 0.3) is 0 Å². The molecule has 4 saturated heterocycles. The van der Waals surface area contributed by atoms with Gasteiger partial charge in [-0.1, -0.05) is 46.4 Å². The Morgan fingerprint density at radius 2 is 0.705 bits per heavy atom. The van der Waals surface area contributed by atoms with Crippen LogP contribution in [0.5, 0.6) is 23.0 Å². The van der Waals surface area contributed by atoms with E-state index in [2.05, 4.69) is 19.6 Å². The molecule has 406 valence electrons. The molecule has 5 heterocycles. The zero-order valence-electron chi connectivity index (χ0n) is 43.8. The van der Waals surface area contributed by atoms with Gasteiger partial charge in [0.15, 0.2) is 5.60 Å². The van der Waals surface area contributed by atoms with E-state index < -0.39 is 35.4 Å². The molecular weight excluding hydrogens is 1080 g/mol. The van der Waals surface area contributed by atoms with Gasteiger partial charge < -0.3 is 43.3 Å². The van der Waals surface area contributed by atoms with Crippen LogP contribution in [-0.2, 0) is 29.5 Å². The van der Waals surface area contributed by atoms with Gasteiger partial charge in [0.1, 0.15) is 23.0 Å². The Morgan fingerprint density at radius 3 is 0.974 bits per heavy atom. The number of rotatable bonds is 14. The van der Waals surface area contributed by atoms with Crippen LogP contribution in [0.15, 0.2) is 84.9 Å². The zero-order chi connectivity index (χ0) is 55.0. The normalized spacial score (nSPS) is 16.5. The molecule has 0 unspecified atom stereocenters. The standard InChI is InChI=1S/C60H58Cl4N4O10/c1-35(69)74-49-29-39(65-21-5-6-22-65)13-17-43(49)47(44-18-14-40(66-23-7-8-24-66)30-50(44)75-36(2)70)33-60(54-53(59(73)78-60)55(61)57(63)58(64)56(54)62)34-48(45-19-15-41(67-25-9-10-26-67)31-51(45)76-37(3)71)46-20-16-42(68-27-11-12-28-68)32-52(46)77-38(4)72/h13-20,29-34H,5-12,21-28H2,1-4H3. The van der Waals surface area contributed by atoms with Gasteiger partial charge in [-0.15, -0.1) is 0 Å². The lowest BCUT2D eigenvalue weighted by Gasteiger charge is -2.29. The van der Waals surface area contributed by atoms with Crippen molar-refractivity contribution in [2.75, 3.05) is 72.0 Å². The molecule has 0 spiro atoms. The van der Waals surface area contributed by atoms with Crippen LogP contribution in [0.4, 0.5) is 22.7 Å². The highest BCUT2D eigenvalue weighted by atomic mass is 35.5. The summed E-state index contributed by atoms with van der Waals surface area (Å²) in [5.41, 5.74) is 2.53. The maximum atomic E-state index is 15.0. The SMILES string of the molecule is CC(=O)Oc1cc(N2CCCC2)ccc1C(=CC1(C=C(c2ccc(N3CCCC3)cc2OC(C)=O)c2ccc(N3CCCC3)cc2OC(C)=O)OC(=O)c2c(Cl)c(Cl)c(Cl)c(Cl)c21)c1ccc(N2CCCC2)cc1OC(C)=O. The quantitative estimate of drug-likeness (QED) is 0.0450. The summed E-state index contributed by atoms with van der Waals surface area (Å²) in [5, 5.41) is -0.819. The van der Waals surface area contributed by atoms with E-state index in [0.29, 0.717) is 22.3 Å². The number of ether oxygens (including phenoxy) is 5. The molecule has 0 bridgehead atoms. The van der Waals surface area contributed by atoms with E-state index in [0.717, 1.165) is 126 Å². The summed E-state index contributed by atoms with van der Waals surface area (Å²) in [6.45, 7) is 11.5. The van der Waals surface area contributed by atoms with E-state index in [4.69, 9.17) is 70.1 Å². The number of esters is 5. The number of cyclic esters (lactones) is 1. The van der Waals surface area contributed by atoms with Crippen LogP contribution in [0.1, 0.15) is 117 Å². The zero-order valence-corrected chi connectivity index (χ0v) is 46.8. The van der Waals surface area contributed by atoms with Crippen molar-refractivity contribution in [1.82, 2.24) is 0 Å². The summed E-state index contributed by atoms with van der Waals surface area (Å²) in [7, 11) is 0. The first-order chi connectivity index (χ1) is 37.5. The predicted octanol–water partition coefficient (Wildman–Crippen LogP) is 13.0. The van der Waals surface area contributed by atoms with E-state index in [1.165, 1.54) is 27.7 Å². The van der Waals surface area contributed by atoms with Crippen LogP contribution in [0.25, 0.3) is 11.1 Å². The van der Waals surface area contributed by atoms with Crippen molar-refractivity contribution in [2.24, 2.45) is 0 Å². The second kappa shape index (κ2) is 22.9. The summed E-state index contributed by atoms with van der Waals surface area (Å²) in [4.78, 5) is 76.9. The Bertz CT molecular complexity index is 2980. The number of benzene rings is 5. The first-order valence-corrected chi connectivity index (χ1v) is 27.9. The summed E-state index contributed by atoms with van der Waals surface area (Å²) >= 11 is 28.3. The van der Waals surface area contributed by atoms with Crippen molar-refractivity contribution >= 4 is 110 Å². The van der Waals surface area contributed by atoms with E-state index >= 15 is 4.79 Å². The molecular formula is C60H58Cl4N4O10. The Morgan fingerprint density at radius 1 is 0.436 bits per heavy atom. The lowest BCUT2D eigenvalue weighted by Crippen LogP contribution is -2.24. The van der Waals surface area contributed by atoms with Crippen LogP contribution in [-0.4, -0.2) is 82.2 Å².